The van der Waals surface area contributed by atoms with Crippen LogP contribution in [-0.2, 0) is 6.54 Å². The maximum absolute atomic E-state index is 13.4. The van der Waals surface area contributed by atoms with Gasteiger partial charge in [0, 0.05) is 18.2 Å². The van der Waals surface area contributed by atoms with Crippen molar-refractivity contribution in [1.82, 2.24) is 4.90 Å². The van der Waals surface area contributed by atoms with Gasteiger partial charge >= 0.3 is 0 Å². The van der Waals surface area contributed by atoms with Gasteiger partial charge in [0.15, 0.2) is 0 Å². The largest absolute Gasteiger partial charge is 0.299 e. The third-order valence-corrected chi connectivity index (χ3v) is 2.76. The van der Waals surface area contributed by atoms with E-state index in [1.807, 2.05) is 13.1 Å². The van der Waals surface area contributed by atoms with Crippen molar-refractivity contribution in [1.29, 1.82) is 5.26 Å². The van der Waals surface area contributed by atoms with Gasteiger partial charge in [0.2, 0.25) is 0 Å². The van der Waals surface area contributed by atoms with Crippen LogP contribution in [0.3, 0.4) is 0 Å². The molecule has 0 saturated heterocycles. The average molecular weight is 204 g/mol. The molecule has 0 aliphatic heterocycles. The summed E-state index contributed by atoms with van der Waals surface area (Å²) in [6, 6.07) is 7.15. The van der Waals surface area contributed by atoms with Crippen molar-refractivity contribution in [3.05, 3.63) is 35.1 Å². The maximum Gasteiger partial charge on any atom is 0.127 e. The zero-order chi connectivity index (χ0) is 10.8. The van der Waals surface area contributed by atoms with Gasteiger partial charge in [-0.2, -0.15) is 5.26 Å². The SMILES string of the molecule is CN(Cc1cc(C#N)ccc1F)C1CC1. The van der Waals surface area contributed by atoms with Crippen LogP contribution >= 0.6 is 0 Å². The Morgan fingerprint density at radius 1 is 1.53 bits per heavy atom. The lowest BCUT2D eigenvalue weighted by Crippen LogP contribution is -2.20. The molecule has 2 rings (SSSR count). The summed E-state index contributed by atoms with van der Waals surface area (Å²) in [5.41, 5.74) is 1.14. The summed E-state index contributed by atoms with van der Waals surface area (Å²) in [6.07, 6.45) is 2.41. The number of halogens is 1. The molecule has 0 unspecified atom stereocenters. The molecule has 0 bridgehead atoms. The normalized spacial score (nSPS) is 15.3. The molecule has 1 aliphatic carbocycles. The highest BCUT2D eigenvalue weighted by Crippen LogP contribution is 2.27. The number of benzene rings is 1. The molecular weight excluding hydrogens is 191 g/mol. The zero-order valence-corrected chi connectivity index (χ0v) is 8.70. The first-order valence-electron chi connectivity index (χ1n) is 5.09. The first kappa shape index (κ1) is 10.1. The number of nitrogens with zero attached hydrogens (tertiary/aromatic N) is 2. The van der Waals surface area contributed by atoms with Crippen LogP contribution in [0.2, 0.25) is 0 Å². The van der Waals surface area contributed by atoms with E-state index in [0.717, 1.165) is 0 Å². The molecule has 3 heteroatoms. The number of nitriles is 1. The van der Waals surface area contributed by atoms with Gasteiger partial charge in [0.25, 0.3) is 0 Å². The first-order valence-corrected chi connectivity index (χ1v) is 5.09. The first-order chi connectivity index (χ1) is 7.20. The Labute approximate surface area is 88.9 Å². The van der Waals surface area contributed by atoms with E-state index in [0.29, 0.717) is 23.7 Å². The van der Waals surface area contributed by atoms with E-state index in [4.69, 9.17) is 5.26 Å². The van der Waals surface area contributed by atoms with Crippen LogP contribution in [0.5, 0.6) is 0 Å². The molecule has 0 heterocycles. The van der Waals surface area contributed by atoms with Crippen LogP contribution in [-0.4, -0.2) is 18.0 Å². The average Bonchev–Trinajstić information content (AvgIpc) is 3.04. The van der Waals surface area contributed by atoms with Gasteiger partial charge in [-0.1, -0.05) is 0 Å². The fraction of sp³-hybridized carbons (Fsp3) is 0.417. The zero-order valence-electron chi connectivity index (χ0n) is 8.70. The predicted molar refractivity (Wildman–Crippen MR) is 55.6 cm³/mol. The topological polar surface area (TPSA) is 27.0 Å². The van der Waals surface area contributed by atoms with Gasteiger partial charge in [-0.3, -0.25) is 4.90 Å². The van der Waals surface area contributed by atoms with Gasteiger partial charge in [-0.15, -0.1) is 0 Å². The van der Waals surface area contributed by atoms with Crippen LogP contribution < -0.4 is 0 Å². The van der Waals surface area contributed by atoms with Crippen molar-refractivity contribution in [2.75, 3.05) is 7.05 Å². The van der Waals surface area contributed by atoms with Crippen molar-refractivity contribution in [3.8, 4) is 6.07 Å². The maximum atomic E-state index is 13.4. The number of rotatable bonds is 3. The Morgan fingerprint density at radius 2 is 2.27 bits per heavy atom. The summed E-state index contributed by atoms with van der Waals surface area (Å²) < 4.78 is 13.4. The summed E-state index contributed by atoms with van der Waals surface area (Å²) in [5.74, 6) is -0.221. The highest BCUT2D eigenvalue weighted by molar-refractivity contribution is 5.33. The third-order valence-electron chi connectivity index (χ3n) is 2.76. The van der Waals surface area contributed by atoms with Crippen LogP contribution in [0.15, 0.2) is 18.2 Å². The molecule has 1 saturated carbocycles. The molecule has 0 N–H and O–H groups in total. The summed E-state index contributed by atoms with van der Waals surface area (Å²) in [6.45, 7) is 0.589. The van der Waals surface area contributed by atoms with Crippen molar-refractivity contribution in [2.24, 2.45) is 0 Å². The third kappa shape index (κ3) is 2.34. The summed E-state index contributed by atoms with van der Waals surface area (Å²) in [4.78, 5) is 2.14. The summed E-state index contributed by atoms with van der Waals surface area (Å²) in [7, 11) is 2.00. The molecule has 78 valence electrons. The lowest BCUT2D eigenvalue weighted by atomic mass is 10.1. The quantitative estimate of drug-likeness (QED) is 0.755. The standard InChI is InChI=1S/C12H13FN2/c1-15(11-3-4-11)8-10-6-9(7-14)2-5-12(10)13/h2,5-6,11H,3-4,8H2,1H3. The van der Waals surface area contributed by atoms with Gasteiger partial charge in [0.05, 0.1) is 11.6 Å². The van der Waals surface area contributed by atoms with Gasteiger partial charge in [0.1, 0.15) is 5.82 Å². The summed E-state index contributed by atoms with van der Waals surface area (Å²) in [5, 5.41) is 8.72. The van der Waals surface area contributed by atoms with Gasteiger partial charge in [-0.25, -0.2) is 4.39 Å². The Kier molecular flexibility index (Phi) is 2.70. The lowest BCUT2D eigenvalue weighted by Gasteiger charge is -2.16. The van der Waals surface area contributed by atoms with Crippen molar-refractivity contribution >= 4 is 0 Å². The van der Waals surface area contributed by atoms with Crippen molar-refractivity contribution in [2.45, 2.75) is 25.4 Å². The minimum absolute atomic E-state index is 0.221. The molecule has 0 radical (unpaired) electrons. The Balaban J connectivity index is 2.15. The predicted octanol–water partition coefficient (Wildman–Crippen LogP) is 2.29. The van der Waals surface area contributed by atoms with E-state index < -0.39 is 0 Å². The molecule has 1 fully saturated rings. The molecule has 1 aromatic rings. The van der Waals surface area contributed by atoms with Crippen molar-refractivity contribution in [3.63, 3.8) is 0 Å². The van der Waals surface area contributed by atoms with Crippen molar-refractivity contribution < 1.29 is 4.39 Å². The van der Waals surface area contributed by atoms with E-state index in [1.165, 1.54) is 25.0 Å². The Hall–Kier alpha value is -1.40. The fourth-order valence-electron chi connectivity index (χ4n) is 1.68. The highest BCUT2D eigenvalue weighted by Gasteiger charge is 2.26. The van der Waals surface area contributed by atoms with E-state index in [2.05, 4.69) is 4.90 Å². The number of hydrogen-bond donors (Lipinski definition) is 0. The fourth-order valence-corrected chi connectivity index (χ4v) is 1.68. The number of hydrogen-bond acceptors (Lipinski definition) is 2. The molecule has 2 nitrogen and oxygen atoms in total. The smallest absolute Gasteiger partial charge is 0.127 e. The Morgan fingerprint density at radius 3 is 2.87 bits per heavy atom. The van der Waals surface area contributed by atoms with E-state index >= 15 is 0 Å². The second-order valence-corrected chi connectivity index (χ2v) is 4.06. The molecule has 1 aromatic carbocycles. The van der Waals surface area contributed by atoms with Crippen LogP contribution in [0.1, 0.15) is 24.0 Å². The second kappa shape index (κ2) is 4.00. The second-order valence-electron chi connectivity index (χ2n) is 4.06. The molecule has 15 heavy (non-hydrogen) atoms. The van der Waals surface area contributed by atoms with E-state index in [-0.39, 0.29) is 5.82 Å². The van der Waals surface area contributed by atoms with Crippen LogP contribution in [0.4, 0.5) is 4.39 Å². The monoisotopic (exact) mass is 204 g/mol. The molecule has 1 aliphatic rings. The van der Waals surface area contributed by atoms with E-state index in [1.54, 1.807) is 6.07 Å². The van der Waals surface area contributed by atoms with Gasteiger partial charge in [-0.05, 0) is 38.1 Å². The highest BCUT2D eigenvalue weighted by atomic mass is 19.1. The summed E-state index contributed by atoms with van der Waals surface area (Å²) >= 11 is 0. The van der Waals surface area contributed by atoms with Gasteiger partial charge < -0.3 is 0 Å². The molecule has 0 spiro atoms. The molecule has 0 amide bonds. The Bertz CT molecular complexity index is 405. The minimum atomic E-state index is -0.221. The van der Waals surface area contributed by atoms with E-state index in [9.17, 15) is 4.39 Å². The van der Waals surface area contributed by atoms with Crippen LogP contribution in [0, 0.1) is 17.1 Å². The molecule has 0 atom stereocenters. The lowest BCUT2D eigenvalue weighted by molar-refractivity contribution is 0.311. The molecule has 0 aromatic heterocycles. The molecular formula is C12H13FN2. The van der Waals surface area contributed by atoms with Crippen LogP contribution in [0.25, 0.3) is 0 Å². The minimum Gasteiger partial charge on any atom is -0.299 e.